The number of fused-ring (bicyclic) bond motifs is 1. The Morgan fingerprint density at radius 1 is 1.56 bits per heavy atom. The van der Waals surface area contributed by atoms with Crippen molar-refractivity contribution in [1.82, 2.24) is 0 Å². The summed E-state index contributed by atoms with van der Waals surface area (Å²) in [5, 5.41) is 0. The van der Waals surface area contributed by atoms with Gasteiger partial charge in [0.1, 0.15) is 0 Å². The van der Waals surface area contributed by atoms with Crippen LogP contribution in [0.3, 0.4) is 0 Å². The molecule has 0 unspecified atom stereocenters. The molecule has 1 heterocycles. The average molecular weight is 122 g/mol. The van der Waals surface area contributed by atoms with Crippen LogP contribution in [0, 0.1) is 12.3 Å². The van der Waals surface area contributed by atoms with Gasteiger partial charge in [0, 0.05) is 0 Å². The average Bonchev–Trinajstić information content (AvgIpc) is 2.62. The molecular weight excluding hydrogens is 112 g/mol. The molecule has 0 amide bonds. The lowest BCUT2D eigenvalue weighted by Crippen LogP contribution is -2.16. The van der Waals surface area contributed by atoms with E-state index in [9.17, 15) is 0 Å². The predicted molar refractivity (Wildman–Crippen MR) is 34.9 cm³/mol. The first-order chi connectivity index (χ1) is 4.37. The second kappa shape index (κ2) is 1.52. The minimum absolute atomic E-state index is 0.0851. The van der Waals surface area contributed by atoms with E-state index in [1.807, 2.05) is 0 Å². The first kappa shape index (κ1) is 5.32. The summed E-state index contributed by atoms with van der Waals surface area (Å²) in [4.78, 5) is 0. The van der Waals surface area contributed by atoms with Crippen LogP contribution in [0.15, 0.2) is 0 Å². The van der Waals surface area contributed by atoms with E-state index in [2.05, 4.69) is 5.92 Å². The molecule has 0 radical (unpaired) electrons. The summed E-state index contributed by atoms with van der Waals surface area (Å²) in [6.45, 7) is 0. The van der Waals surface area contributed by atoms with E-state index in [0.29, 0.717) is 6.10 Å². The highest BCUT2D eigenvalue weighted by atomic mass is 16.6. The maximum atomic E-state index is 5.38. The lowest BCUT2D eigenvalue weighted by atomic mass is 9.90. The number of hydrogen-bond acceptors (Lipinski definition) is 1. The molecule has 1 aliphatic carbocycles. The highest BCUT2D eigenvalue weighted by Gasteiger charge is 2.55. The number of hydrogen-bond donors (Lipinski definition) is 0. The fourth-order valence-corrected chi connectivity index (χ4v) is 1.65. The zero-order valence-electron chi connectivity index (χ0n) is 5.39. The molecule has 0 aromatic carbocycles. The quantitative estimate of drug-likeness (QED) is 0.349. The number of ether oxygens (including phenoxy) is 1. The van der Waals surface area contributed by atoms with Crippen molar-refractivity contribution in [3.8, 4) is 12.3 Å². The normalized spacial score (nSPS) is 47.2. The van der Waals surface area contributed by atoms with Gasteiger partial charge in [-0.05, 0) is 19.3 Å². The lowest BCUT2D eigenvalue weighted by Gasteiger charge is -2.09. The highest BCUT2D eigenvalue weighted by molar-refractivity contribution is 5.23. The van der Waals surface area contributed by atoms with Crippen LogP contribution < -0.4 is 0 Å². The summed E-state index contributed by atoms with van der Waals surface area (Å²) in [7, 11) is 0. The first-order valence-electron chi connectivity index (χ1n) is 3.53. The molecule has 1 aliphatic heterocycles. The zero-order chi connectivity index (χ0) is 6.32. The Kier molecular flexibility index (Phi) is 0.896. The largest absolute Gasteiger partial charge is 0.352 e. The Morgan fingerprint density at radius 3 is 3.00 bits per heavy atom. The van der Waals surface area contributed by atoms with Crippen LogP contribution in [-0.2, 0) is 4.74 Å². The van der Waals surface area contributed by atoms with Gasteiger partial charge in [0.05, 0.1) is 6.10 Å². The van der Waals surface area contributed by atoms with Crippen molar-refractivity contribution in [3.05, 3.63) is 0 Å². The summed E-state index contributed by atoms with van der Waals surface area (Å²) in [6, 6.07) is 0. The van der Waals surface area contributed by atoms with Crippen LogP contribution in [0.25, 0.3) is 0 Å². The molecule has 0 aromatic heterocycles. The summed E-state index contributed by atoms with van der Waals surface area (Å²) < 4.78 is 5.38. The van der Waals surface area contributed by atoms with Gasteiger partial charge in [-0.3, -0.25) is 0 Å². The predicted octanol–water partition coefficient (Wildman–Crippen LogP) is 1.33. The number of epoxide rings is 1. The van der Waals surface area contributed by atoms with Gasteiger partial charge in [0.15, 0.2) is 5.60 Å². The molecule has 48 valence electrons. The highest BCUT2D eigenvalue weighted by Crippen LogP contribution is 2.46. The molecule has 1 heteroatoms. The van der Waals surface area contributed by atoms with Gasteiger partial charge in [0.25, 0.3) is 0 Å². The Morgan fingerprint density at radius 2 is 2.44 bits per heavy atom. The molecule has 2 atom stereocenters. The van der Waals surface area contributed by atoms with Crippen LogP contribution in [0.4, 0.5) is 0 Å². The van der Waals surface area contributed by atoms with Crippen molar-refractivity contribution in [2.45, 2.75) is 37.4 Å². The van der Waals surface area contributed by atoms with Crippen LogP contribution in [0.2, 0.25) is 0 Å². The second-order valence-electron chi connectivity index (χ2n) is 2.89. The summed E-state index contributed by atoms with van der Waals surface area (Å²) in [5.74, 6) is 2.73. The molecule has 0 bridgehead atoms. The standard InChI is InChI=1S/C8H10O/c1-2-8-6-4-3-5-7(8)9-8/h1,7H,3-6H2/t7-,8+/m0/s1. The summed E-state index contributed by atoms with van der Waals surface area (Å²) >= 11 is 0. The molecule has 2 fully saturated rings. The van der Waals surface area contributed by atoms with Crippen molar-refractivity contribution in [2.24, 2.45) is 0 Å². The van der Waals surface area contributed by atoms with E-state index >= 15 is 0 Å². The van der Waals surface area contributed by atoms with Gasteiger partial charge in [-0.15, -0.1) is 6.42 Å². The minimum atomic E-state index is -0.0851. The molecular formula is C8H10O. The van der Waals surface area contributed by atoms with Gasteiger partial charge in [-0.2, -0.15) is 0 Å². The topological polar surface area (TPSA) is 12.5 Å². The number of terminal acetylenes is 1. The maximum Gasteiger partial charge on any atom is 0.154 e. The maximum absolute atomic E-state index is 5.38. The fraction of sp³-hybridized carbons (Fsp3) is 0.750. The van der Waals surface area contributed by atoms with E-state index in [4.69, 9.17) is 11.2 Å². The third kappa shape index (κ3) is 0.601. The molecule has 0 N–H and O–H groups in total. The smallest absolute Gasteiger partial charge is 0.154 e. The Balaban J connectivity index is 2.11. The van der Waals surface area contributed by atoms with Crippen LogP contribution >= 0.6 is 0 Å². The van der Waals surface area contributed by atoms with E-state index in [0.717, 1.165) is 6.42 Å². The van der Waals surface area contributed by atoms with Crippen molar-refractivity contribution in [3.63, 3.8) is 0 Å². The third-order valence-corrected chi connectivity index (χ3v) is 2.32. The van der Waals surface area contributed by atoms with Crippen molar-refractivity contribution in [1.29, 1.82) is 0 Å². The molecule has 2 aliphatic rings. The Hall–Kier alpha value is -0.480. The van der Waals surface area contributed by atoms with Gasteiger partial charge < -0.3 is 4.74 Å². The Bertz CT molecular complexity index is 168. The van der Waals surface area contributed by atoms with Crippen molar-refractivity contribution in [2.75, 3.05) is 0 Å². The first-order valence-corrected chi connectivity index (χ1v) is 3.53. The molecule has 0 aromatic rings. The lowest BCUT2D eigenvalue weighted by molar-refractivity contribution is 0.336. The molecule has 9 heavy (non-hydrogen) atoms. The number of rotatable bonds is 0. The molecule has 2 rings (SSSR count). The van der Waals surface area contributed by atoms with Crippen molar-refractivity contribution >= 4 is 0 Å². The van der Waals surface area contributed by atoms with Gasteiger partial charge in [-0.1, -0.05) is 12.3 Å². The molecule has 1 nitrogen and oxygen atoms in total. The van der Waals surface area contributed by atoms with Crippen LogP contribution in [0.1, 0.15) is 25.7 Å². The zero-order valence-corrected chi connectivity index (χ0v) is 5.39. The molecule has 1 saturated heterocycles. The molecule has 0 spiro atoms. The monoisotopic (exact) mass is 122 g/mol. The Labute approximate surface area is 55.4 Å². The van der Waals surface area contributed by atoms with Gasteiger partial charge in [-0.25, -0.2) is 0 Å². The van der Waals surface area contributed by atoms with Crippen LogP contribution in [-0.4, -0.2) is 11.7 Å². The minimum Gasteiger partial charge on any atom is -0.352 e. The summed E-state index contributed by atoms with van der Waals surface area (Å²) in [6.07, 6.45) is 10.6. The van der Waals surface area contributed by atoms with Crippen LogP contribution in [0.5, 0.6) is 0 Å². The van der Waals surface area contributed by atoms with E-state index < -0.39 is 0 Å². The van der Waals surface area contributed by atoms with Crippen molar-refractivity contribution < 1.29 is 4.74 Å². The fourth-order valence-electron chi connectivity index (χ4n) is 1.65. The van der Waals surface area contributed by atoms with E-state index in [1.54, 1.807) is 0 Å². The SMILES string of the molecule is C#C[C@@]12CCCC[C@@H]1O2. The molecule has 1 saturated carbocycles. The van der Waals surface area contributed by atoms with E-state index in [1.165, 1.54) is 19.3 Å². The third-order valence-electron chi connectivity index (χ3n) is 2.32. The second-order valence-corrected chi connectivity index (χ2v) is 2.89. The van der Waals surface area contributed by atoms with Gasteiger partial charge >= 0.3 is 0 Å². The van der Waals surface area contributed by atoms with Gasteiger partial charge in [0.2, 0.25) is 0 Å². The summed E-state index contributed by atoms with van der Waals surface area (Å²) in [5.41, 5.74) is -0.0851. The van der Waals surface area contributed by atoms with E-state index in [-0.39, 0.29) is 5.60 Å².